The van der Waals surface area contributed by atoms with Gasteiger partial charge in [0, 0.05) is 29.7 Å². The smallest absolute Gasteiger partial charge is 0.252 e. The Bertz CT molecular complexity index is 918. The first-order chi connectivity index (χ1) is 13.1. The van der Waals surface area contributed by atoms with Gasteiger partial charge in [-0.15, -0.1) is 0 Å². The summed E-state index contributed by atoms with van der Waals surface area (Å²) in [4.78, 5) is 19.9. The van der Waals surface area contributed by atoms with Crippen molar-refractivity contribution >= 4 is 16.8 Å². The van der Waals surface area contributed by atoms with E-state index < -0.39 is 0 Å². The lowest BCUT2D eigenvalue weighted by molar-refractivity contribution is 0.0950. The number of aromatic nitrogens is 1. The number of hydrogen-bond acceptors (Lipinski definition) is 3. The number of rotatable bonds is 7. The highest BCUT2D eigenvalue weighted by molar-refractivity contribution is 6.09. The molecule has 1 N–H and O–H groups in total. The number of likely N-dealkylation sites (N-methyl/N-ethyl adjacent to an activating group) is 1. The molecule has 0 saturated heterocycles. The van der Waals surface area contributed by atoms with E-state index >= 15 is 0 Å². The van der Waals surface area contributed by atoms with Crippen LogP contribution in [0, 0.1) is 6.92 Å². The highest BCUT2D eigenvalue weighted by Gasteiger charge is 2.14. The number of nitrogens with zero attached hydrogens (tertiary/aromatic N) is 2. The summed E-state index contributed by atoms with van der Waals surface area (Å²) >= 11 is 0. The van der Waals surface area contributed by atoms with E-state index in [9.17, 15) is 4.79 Å². The first-order valence-electron chi connectivity index (χ1n) is 9.60. The van der Waals surface area contributed by atoms with Crippen molar-refractivity contribution in [2.45, 2.75) is 20.8 Å². The molecule has 0 fully saturated rings. The van der Waals surface area contributed by atoms with Gasteiger partial charge in [-0.25, -0.2) is 0 Å². The Morgan fingerprint density at radius 3 is 2.48 bits per heavy atom. The second kappa shape index (κ2) is 8.78. The fourth-order valence-corrected chi connectivity index (χ4v) is 3.38. The van der Waals surface area contributed by atoms with Gasteiger partial charge in [0.25, 0.3) is 5.91 Å². The zero-order valence-corrected chi connectivity index (χ0v) is 16.3. The molecule has 0 aliphatic carbocycles. The summed E-state index contributed by atoms with van der Waals surface area (Å²) in [6, 6.07) is 18.1. The van der Waals surface area contributed by atoms with Crippen LogP contribution in [0.25, 0.3) is 22.0 Å². The number of para-hydroxylation sites is 1. The van der Waals surface area contributed by atoms with Gasteiger partial charge in [-0.05, 0) is 31.6 Å². The third-order valence-electron chi connectivity index (χ3n) is 4.91. The summed E-state index contributed by atoms with van der Waals surface area (Å²) in [5.74, 6) is -0.0390. The van der Waals surface area contributed by atoms with Gasteiger partial charge in [0.1, 0.15) is 0 Å². The number of benzene rings is 2. The summed E-state index contributed by atoms with van der Waals surface area (Å²) in [6.45, 7) is 9.69. The van der Waals surface area contributed by atoms with Crippen LogP contribution in [-0.4, -0.2) is 42.0 Å². The van der Waals surface area contributed by atoms with Gasteiger partial charge in [0.15, 0.2) is 0 Å². The lowest BCUT2D eigenvalue weighted by Gasteiger charge is -2.18. The quantitative estimate of drug-likeness (QED) is 0.683. The van der Waals surface area contributed by atoms with Crippen LogP contribution in [0.4, 0.5) is 0 Å². The van der Waals surface area contributed by atoms with Crippen LogP contribution in [0.1, 0.15) is 29.9 Å². The Morgan fingerprint density at radius 2 is 1.78 bits per heavy atom. The molecule has 0 bridgehead atoms. The van der Waals surface area contributed by atoms with E-state index in [-0.39, 0.29) is 5.91 Å². The molecule has 3 rings (SSSR count). The molecule has 1 heterocycles. The van der Waals surface area contributed by atoms with Crippen molar-refractivity contribution in [1.82, 2.24) is 15.2 Å². The van der Waals surface area contributed by atoms with Crippen molar-refractivity contribution in [3.8, 4) is 11.1 Å². The third-order valence-corrected chi connectivity index (χ3v) is 4.91. The van der Waals surface area contributed by atoms with Crippen molar-refractivity contribution in [2.75, 3.05) is 26.2 Å². The molecule has 1 amide bonds. The van der Waals surface area contributed by atoms with Gasteiger partial charge < -0.3 is 10.2 Å². The van der Waals surface area contributed by atoms with Gasteiger partial charge in [0.2, 0.25) is 0 Å². The fourth-order valence-electron chi connectivity index (χ4n) is 3.38. The van der Waals surface area contributed by atoms with Gasteiger partial charge in [0.05, 0.1) is 11.1 Å². The number of carbonyl (C=O) groups is 1. The highest BCUT2D eigenvalue weighted by atomic mass is 16.1. The SMILES string of the molecule is CCN(CC)CCNC(=O)c1cc(C)nc2c(-c3ccccc3)cccc12. The van der Waals surface area contributed by atoms with Crippen LogP contribution >= 0.6 is 0 Å². The Morgan fingerprint density at radius 1 is 1.04 bits per heavy atom. The van der Waals surface area contributed by atoms with Crippen molar-refractivity contribution in [3.63, 3.8) is 0 Å². The van der Waals surface area contributed by atoms with E-state index in [2.05, 4.69) is 42.3 Å². The second-order valence-electron chi connectivity index (χ2n) is 6.66. The van der Waals surface area contributed by atoms with Crippen LogP contribution in [0.5, 0.6) is 0 Å². The molecule has 0 saturated carbocycles. The molecule has 0 radical (unpaired) electrons. The number of aryl methyl sites for hydroxylation is 1. The molecule has 0 aliphatic rings. The van der Waals surface area contributed by atoms with Gasteiger partial charge in [-0.2, -0.15) is 0 Å². The first kappa shape index (κ1) is 19.1. The number of hydrogen-bond donors (Lipinski definition) is 1. The average Bonchev–Trinajstić information content (AvgIpc) is 2.70. The molecule has 0 unspecified atom stereocenters. The van der Waals surface area contributed by atoms with Crippen LogP contribution in [0.2, 0.25) is 0 Å². The van der Waals surface area contributed by atoms with Crippen molar-refractivity contribution in [1.29, 1.82) is 0 Å². The van der Waals surface area contributed by atoms with E-state index in [1.807, 2.05) is 43.3 Å². The molecule has 0 spiro atoms. The minimum absolute atomic E-state index is 0.0390. The Labute approximate surface area is 161 Å². The fraction of sp³-hybridized carbons (Fsp3) is 0.304. The van der Waals surface area contributed by atoms with E-state index in [0.717, 1.165) is 47.4 Å². The Hall–Kier alpha value is -2.72. The van der Waals surface area contributed by atoms with E-state index in [4.69, 9.17) is 4.98 Å². The number of pyridine rings is 1. The minimum atomic E-state index is -0.0390. The molecule has 0 atom stereocenters. The minimum Gasteiger partial charge on any atom is -0.351 e. The van der Waals surface area contributed by atoms with Gasteiger partial charge in [-0.1, -0.05) is 62.4 Å². The van der Waals surface area contributed by atoms with Crippen LogP contribution in [-0.2, 0) is 0 Å². The molecule has 4 heteroatoms. The lowest BCUT2D eigenvalue weighted by Crippen LogP contribution is -2.34. The first-order valence-corrected chi connectivity index (χ1v) is 9.60. The van der Waals surface area contributed by atoms with Gasteiger partial charge in [-0.3, -0.25) is 9.78 Å². The van der Waals surface area contributed by atoms with Crippen LogP contribution in [0.3, 0.4) is 0 Å². The number of nitrogens with one attached hydrogen (secondary N) is 1. The molecule has 140 valence electrons. The third kappa shape index (κ3) is 4.34. The summed E-state index contributed by atoms with van der Waals surface area (Å²) in [7, 11) is 0. The standard InChI is InChI=1S/C23H27N3O/c1-4-26(5-2)15-14-24-23(27)21-16-17(3)25-22-19(12-9-13-20(21)22)18-10-7-6-8-11-18/h6-13,16H,4-5,14-15H2,1-3H3,(H,24,27). The van der Waals surface area contributed by atoms with Crippen LogP contribution < -0.4 is 5.32 Å². The van der Waals surface area contributed by atoms with Crippen molar-refractivity contribution in [3.05, 3.63) is 65.9 Å². The molecule has 4 nitrogen and oxygen atoms in total. The predicted octanol–water partition coefficient (Wildman–Crippen LogP) is 4.28. The van der Waals surface area contributed by atoms with Gasteiger partial charge >= 0.3 is 0 Å². The normalized spacial score (nSPS) is 11.1. The van der Waals surface area contributed by atoms with E-state index in [1.54, 1.807) is 0 Å². The van der Waals surface area contributed by atoms with Crippen molar-refractivity contribution < 1.29 is 4.79 Å². The predicted molar refractivity (Wildman–Crippen MR) is 112 cm³/mol. The number of carbonyl (C=O) groups excluding carboxylic acids is 1. The van der Waals surface area contributed by atoms with Crippen LogP contribution in [0.15, 0.2) is 54.6 Å². The summed E-state index contributed by atoms with van der Waals surface area (Å²) < 4.78 is 0. The molecular formula is C23H27N3O. The molecule has 2 aromatic carbocycles. The summed E-state index contributed by atoms with van der Waals surface area (Å²) in [5.41, 5.74) is 4.57. The zero-order chi connectivity index (χ0) is 19.2. The summed E-state index contributed by atoms with van der Waals surface area (Å²) in [6.07, 6.45) is 0. The Kier molecular flexibility index (Phi) is 6.20. The Balaban J connectivity index is 1.93. The monoisotopic (exact) mass is 361 g/mol. The average molecular weight is 361 g/mol. The van der Waals surface area contributed by atoms with Crippen molar-refractivity contribution in [2.24, 2.45) is 0 Å². The topological polar surface area (TPSA) is 45.2 Å². The molecule has 0 aliphatic heterocycles. The second-order valence-corrected chi connectivity index (χ2v) is 6.66. The molecule has 3 aromatic rings. The molecule has 1 aromatic heterocycles. The number of amides is 1. The maximum Gasteiger partial charge on any atom is 0.252 e. The zero-order valence-electron chi connectivity index (χ0n) is 16.3. The lowest BCUT2D eigenvalue weighted by atomic mass is 9.98. The maximum atomic E-state index is 12.9. The number of fused-ring (bicyclic) bond motifs is 1. The highest BCUT2D eigenvalue weighted by Crippen LogP contribution is 2.29. The molecule has 27 heavy (non-hydrogen) atoms. The molecular weight excluding hydrogens is 334 g/mol. The largest absolute Gasteiger partial charge is 0.351 e. The van der Waals surface area contributed by atoms with E-state index in [1.165, 1.54) is 0 Å². The summed E-state index contributed by atoms with van der Waals surface area (Å²) in [5, 5.41) is 3.96. The maximum absolute atomic E-state index is 12.9. The van der Waals surface area contributed by atoms with E-state index in [0.29, 0.717) is 12.1 Å².